The van der Waals surface area contributed by atoms with Gasteiger partial charge in [-0.05, 0) is 25.7 Å². The van der Waals surface area contributed by atoms with E-state index < -0.39 is 49.5 Å². The first-order valence-corrected chi connectivity index (χ1v) is 20.1. The number of unbranched alkanes of at least 4 members (excludes halogenated alkanes) is 21. The van der Waals surface area contributed by atoms with Crippen LogP contribution in [0.25, 0.3) is 0 Å². The van der Waals surface area contributed by atoms with E-state index in [4.69, 9.17) is 9.47 Å². The second-order valence-corrected chi connectivity index (χ2v) is 14.0. The van der Waals surface area contributed by atoms with Crippen molar-refractivity contribution in [3.8, 4) is 0 Å². The number of aliphatic hydroxyl groups excluding tert-OH is 5. The van der Waals surface area contributed by atoms with Gasteiger partial charge < -0.3 is 40.3 Å². The van der Waals surface area contributed by atoms with Crippen LogP contribution in [0, 0.1) is 0 Å². The highest BCUT2D eigenvalue weighted by molar-refractivity contribution is 5.75. The number of hydrogen-bond donors (Lipinski definition) is 6. The molecule has 1 rings (SSSR count). The van der Waals surface area contributed by atoms with Crippen molar-refractivity contribution in [2.75, 3.05) is 13.2 Å². The van der Waals surface area contributed by atoms with Crippen molar-refractivity contribution >= 4 is 5.91 Å². The normalized spacial score (nSPS) is 22.6. The molecule has 0 aromatic heterocycles. The first-order chi connectivity index (χ1) is 23.8. The summed E-state index contributed by atoms with van der Waals surface area (Å²) in [5.41, 5.74) is 0. The van der Waals surface area contributed by atoms with Gasteiger partial charge in [0, 0.05) is 6.42 Å². The van der Waals surface area contributed by atoms with E-state index in [1.165, 1.54) is 128 Å². The molecule has 0 aliphatic carbocycles. The highest BCUT2D eigenvalue weighted by Gasteiger charge is 2.44. The van der Waals surface area contributed by atoms with Crippen LogP contribution in [0.4, 0.5) is 0 Å². The number of aliphatic hydroxyl groups is 5. The molecule has 0 saturated carbocycles. The van der Waals surface area contributed by atoms with Crippen LogP contribution in [-0.4, -0.2) is 87.5 Å². The lowest BCUT2D eigenvalue weighted by molar-refractivity contribution is -0.302. The van der Waals surface area contributed by atoms with Crippen LogP contribution in [0.3, 0.4) is 0 Å². The molecule has 6 N–H and O–H groups in total. The van der Waals surface area contributed by atoms with Gasteiger partial charge in [0.1, 0.15) is 24.4 Å². The molecule has 7 unspecified atom stereocenters. The third kappa shape index (κ3) is 23.0. The molecule has 7 atom stereocenters. The third-order valence-electron chi connectivity index (χ3n) is 9.59. The van der Waals surface area contributed by atoms with Crippen LogP contribution in [0.15, 0.2) is 24.3 Å². The molecule has 0 spiro atoms. The average molecular weight is 698 g/mol. The Morgan fingerprint density at radius 1 is 0.673 bits per heavy atom. The Labute approximate surface area is 298 Å². The van der Waals surface area contributed by atoms with Gasteiger partial charge >= 0.3 is 0 Å². The maximum absolute atomic E-state index is 12.0. The Morgan fingerprint density at radius 3 is 1.63 bits per heavy atom. The SMILES string of the molecule is CCCCCCCCCCCCCCCCCCCCCC/C=C/CC/C=C/C(O)C(COC1OC(CO)C(O)C(O)C1O)NC(=O)CC. The van der Waals surface area contributed by atoms with E-state index in [1.54, 1.807) is 13.0 Å². The smallest absolute Gasteiger partial charge is 0.220 e. The summed E-state index contributed by atoms with van der Waals surface area (Å²) in [6, 6.07) is -0.814. The Bertz CT molecular complexity index is 822. The topological polar surface area (TPSA) is 149 Å². The van der Waals surface area contributed by atoms with Gasteiger partial charge in [-0.2, -0.15) is 0 Å². The fraction of sp³-hybridized carbons (Fsp3) is 0.875. The fourth-order valence-electron chi connectivity index (χ4n) is 6.25. The molecule has 49 heavy (non-hydrogen) atoms. The Morgan fingerprint density at radius 2 is 1.14 bits per heavy atom. The van der Waals surface area contributed by atoms with Crippen molar-refractivity contribution < 1.29 is 39.8 Å². The second-order valence-electron chi connectivity index (χ2n) is 14.0. The lowest BCUT2D eigenvalue weighted by Gasteiger charge is -2.40. The van der Waals surface area contributed by atoms with Crippen LogP contribution in [0.1, 0.15) is 168 Å². The molecule has 0 radical (unpaired) electrons. The molecular weight excluding hydrogens is 622 g/mol. The summed E-state index contributed by atoms with van der Waals surface area (Å²) in [5.74, 6) is -0.275. The molecule has 9 heteroatoms. The number of amides is 1. The zero-order valence-electron chi connectivity index (χ0n) is 31.2. The van der Waals surface area contributed by atoms with E-state index in [1.807, 2.05) is 6.08 Å². The van der Waals surface area contributed by atoms with Gasteiger partial charge in [0.05, 0.1) is 25.4 Å². The van der Waals surface area contributed by atoms with E-state index in [0.717, 1.165) is 19.3 Å². The number of allylic oxidation sites excluding steroid dienone is 3. The van der Waals surface area contributed by atoms with Gasteiger partial charge in [-0.15, -0.1) is 0 Å². The number of carbonyl (C=O) groups excluding carboxylic acids is 1. The van der Waals surface area contributed by atoms with Crippen molar-refractivity contribution in [3.63, 3.8) is 0 Å². The van der Waals surface area contributed by atoms with E-state index in [2.05, 4.69) is 24.4 Å². The first-order valence-electron chi connectivity index (χ1n) is 20.1. The van der Waals surface area contributed by atoms with Crippen molar-refractivity contribution in [3.05, 3.63) is 24.3 Å². The maximum atomic E-state index is 12.0. The highest BCUT2D eigenvalue weighted by atomic mass is 16.7. The summed E-state index contributed by atoms with van der Waals surface area (Å²) in [6.07, 6.45) is 30.5. The summed E-state index contributed by atoms with van der Waals surface area (Å²) in [7, 11) is 0. The number of nitrogens with one attached hydrogen (secondary N) is 1. The van der Waals surface area contributed by atoms with Gasteiger partial charge in [-0.3, -0.25) is 4.79 Å². The average Bonchev–Trinajstić information content (AvgIpc) is 3.10. The molecule has 0 bridgehead atoms. The molecule has 1 fully saturated rings. The van der Waals surface area contributed by atoms with Crippen LogP contribution >= 0.6 is 0 Å². The van der Waals surface area contributed by atoms with E-state index in [0.29, 0.717) is 0 Å². The predicted octanol–water partition coefficient (Wildman–Crippen LogP) is 7.16. The zero-order chi connectivity index (χ0) is 36.0. The summed E-state index contributed by atoms with van der Waals surface area (Å²) < 4.78 is 10.9. The van der Waals surface area contributed by atoms with Gasteiger partial charge in [-0.25, -0.2) is 0 Å². The monoisotopic (exact) mass is 698 g/mol. The summed E-state index contributed by atoms with van der Waals surface area (Å²) in [4.78, 5) is 12.0. The van der Waals surface area contributed by atoms with Crippen LogP contribution in [-0.2, 0) is 14.3 Å². The van der Waals surface area contributed by atoms with E-state index in [9.17, 15) is 30.3 Å². The number of hydrogen-bond acceptors (Lipinski definition) is 8. The summed E-state index contributed by atoms with van der Waals surface area (Å²) >= 11 is 0. The van der Waals surface area contributed by atoms with Crippen molar-refractivity contribution in [2.24, 2.45) is 0 Å². The number of carbonyl (C=O) groups is 1. The maximum Gasteiger partial charge on any atom is 0.220 e. The minimum atomic E-state index is -1.56. The Kier molecular flexibility index (Phi) is 29.3. The Hall–Kier alpha value is -1.33. The van der Waals surface area contributed by atoms with Crippen LogP contribution in [0.5, 0.6) is 0 Å². The molecule has 1 aliphatic rings. The molecule has 0 aromatic carbocycles. The zero-order valence-corrected chi connectivity index (χ0v) is 31.2. The van der Waals surface area contributed by atoms with Crippen LogP contribution in [0.2, 0.25) is 0 Å². The lowest BCUT2D eigenvalue weighted by Crippen LogP contribution is -2.60. The lowest BCUT2D eigenvalue weighted by atomic mass is 9.99. The molecule has 1 amide bonds. The van der Waals surface area contributed by atoms with E-state index in [-0.39, 0.29) is 18.9 Å². The number of ether oxygens (including phenoxy) is 2. The highest BCUT2D eigenvalue weighted by Crippen LogP contribution is 2.22. The van der Waals surface area contributed by atoms with Crippen LogP contribution < -0.4 is 5.32 Å². The molecule has 1 aliphatic heterocycles. The molecule has 0 aromatic rings. The van der Waals surface area contributed by atoms with Crippen molar-refractivity contribution in [1.29, 1.82) is 0 Å². The fourth-order valence-corrected chi connectivity index (χ4v) is 6.25. The standard InChI is InChI=1S/C40H75NO8/c1-3-5-6-7-8-9-10-11-12-13-14-15-16-17-18-19-20-21-22-23-24-25-26-27-28-29-30-34(43)33(41-36(44)4-2)32-48-40-39(47)38(46)37(45)35(31-42)49-40/h25-26,29-30,33-35,37-40,42-43,45-47H,3-24,27-28,31-32H2,1-2H3,(H,41,44)/b26-25+,30-29+. The minimum absolute atomic E-state index is 0.209. The van der Waals surface area contributed by atoms with Gasteiger partial charge in [0.15, 0.2) is 6.29 Å². The van der Waals surface area contributed by atoms with E-state index >= 15 is 0 Å². The molecule has 1 heterocycles. The largest absolute Gasteiger partial charge is 0.394 e. The minimum Gasteiger partial charge on any atom is -0.394 e. The predicted molar refractivity (Wildman–Crippen MR) is 198 cm³/mol. The summed E-state index contributed by atoms with van der Waals surface area (Å²) in [5, 5.41) is 52.9. The van der Waals surface area contributed by atoms with Gasteiger partial charge in [0.2, 0.25) is 5.91 Å². The van der Waals surface area contributed by atoms with Crippen molar-refractivity contribution in [2.45, 2.75) is 211 Å². The molecular formula is C40H75NO8. The summed E-state index contributed by atoms with van der Waals surface area (Å²) in [6.45, 7) is 3.20. The molecule has 9 nitrogen and oxygen atoms in total. The first kappa shape index (κ1) is 45.7. The quantitative estimate of drug-likeness (QED) is 0.0320. The second kappa shape index (κ2) is 31.4. The van der Waals surface area contributed by atoms with Gasteiger partial charge in [0.25, 0.3) is 0 Å². The Balaban J connectivity index is 2.05. The van der Waals surface area contributed by atoms with Gasteiger partial charge in [-0.1, -0.05) is 160 Å². The number of rotatable bonds is 32. The molecule has 1 saturated heterocycles. The third-order valence-corrected chi connectivity index (χ3v) is 9.59. The molecule has 288 valence electrons. The van der Waals surface area contributed by atoms with Crippen molar-refractivity contribution in [1.82, 2.24) is 5.32 Å².